The van der Waals surface area contributed by atoms with Crippen molar-refractivity contribution in [1.82, 2.24) is 5.32 Å². The van der Waals surface area contributed by atoms with Crippen molar-refractivity contribution in [2.45, 2.75) is 19.9 Å². The van der Waals surface area contributed by atoms with Crippen LogP contribution >= 0.6 is 15.9 Å². The predicted octanol–water partition coefficient (Wildman–Crippen LogP) is 2.31. The van der Waals surface area contributed by atoms with Gasteiger partial charge in [-0.25, -0.2) is 4.79 Å². The molecule has 1 rings (SSSR count). The number of methoxy groups -OCH3 is 3. The monoisotopic (exact) mass is 429 g/mol. The lowest BCUT2D eigenvalue weighted by molar-refractivity contribution is -0.135. The number of halogens is 1. The van der Waals surface area contributed by atoms with Gasteiger partial charge in [0.2, 0.25) is 5.78 Å². The van der Waals surface area contributed by atoms with Crippen LogP contribution in [0.2, 0.25) is 0 Å². The molecule has 8 heteroatoms. The Morgan fingerprint density at radius 3 is 2.27 bits per heavy atom. The van der Waals surface area contributed by atoms with Gasteiger partial charge in [-0.2, -0.15) is 0 Å². The summed E-state index contributed by atoms with van der Waals surface area (Å²) in [4.78, 5) is 25.0. The number of carbonyl (C=O) groups is 2. The van der Waals surface area contributed by atoms with E-state index in [4.69, 9.17) is 14.2 Å². The molecule has 0 aromatic heterocycles. The fourth-order valence-electron chi connectivity index (χ4n) is 2.16. The van der Waals surface area contributed by atoms with E-state index in [1.165, 1.54) is 33.6 Å². The molecule has 0 radical (unpaired) electrons. The third-order valence-corrected chi connectivity index (χ3v) is 4.43. The van der Waals surface area contributed by atoms with E-state index in [0.29, 0.717) is 10.2 Å². The lowest BCUT2D eigenvalue weighted by Crippen LogP contribution is -2.34. The molecule has 144 valence electrons. The van der Waals surface area contributed by atoms with Crippen LogP contribution in [0, 0.1) is 5.92 Å². The third-order valence-electron chi connectivity index (χ3n) is 3.81. The lowest BCUT2D eigenvalue weighted by atomic mass is 10.0. The molecule has 0 aliphatic carbocycles. The maximum absolute atomic E-state index is 12.9. The highest BCUT2D eigenvalue weighted by atomic mass is 79.9. The van der Waals surface area contributed by atoms with Gasteiger partial charge >= 0.3 is 5.97 Å². The van der Waals surface area contributed by atoms with E-state index in [-0.39, 0.29) is 35.5 Å². The Kier molecular flexibility index (Phi) is 8.60. The molecule has 0 spiro atoms. The van der Waals surface area contributed by atoms with E-state index in [0.717, 1.165) is 0 Å². The zero-order chi connectivity index (χ0) is 19.9. The maximum Gasteiger partial charge on any atom is 0.343 e. The zero-order valence-electron chi connectivity index (χ0n) is 15.5. The van der Waals surface area contributed by atoms with E-state index in [2.05, 4.69) is 21.2 Å². The van der Waals surface area contributed by atoms with Crippen molar-refractivity contribution in [3.05, 3.63) is 33.9 Å². The second-order valence-electron chi connectivity index (χ2n) is 5.77. The highest BCUT2D eigenvalue weighted by Crippen LogP contribution is 2.34. The molecule has 0 saturated heterocycles. The van der Waals surface area contributed by atoms with Gasteiger partial charge in [0.15, 0.2) is 0 Å². The molecule has 1 atom stereocenters. The topological polar surface area (TPSA) is 94.1 Å². The second kappa shape index (κ2) is 10.2. The fraction of sp³-hybridized carbons (Fsp3) is 0.444. The van der Waals surface area contributed by atoms with Crippen LogP contribution in [0.1, 0.15) is 24.2 Å². The van der Waals surface area contributed by atoms with Gasteiger partial charge in [-0.3, -0.25) is 4.79 Å². The highest BCUT2D eigenvalue weighted by Gasteiger charge is 2.25. The van der Waals surface area contributed by atoms with E-state index < -0.39 is 11.8 Å². The van der Waals surface area contributed by atoms with Crippen molar-refractivity contribution in [2.24, 2.45) is 5.92 Å². The van der Waals surface area contributed by atoms with E-state index >= 15 is 0 Å². The quantitative estimate of drug-likeness (QED) is 0.204. The minimum atomic E-state index is -0.795. The van der Waals surface area contributed by atoms with Gasteiger partial charge in [-0.15, -0.1) is 0 Å². The molecule has 1 aromatic carbocycles. The zero-order valence-corrected chi connectivity index (χ0v) is 17.0. The van der Waals surface area contributed by atoms with Gasteiger partial charge in [0.05, 0.1) is 44.0 Å². The van der Waals surface area contributed by atoms with Crippen LogP contribution in [0.3, 0.4) is 0 Å². The van der Waals surface area contributed by atoms with E-state index in [1.807, 2.05) is 13.8 Å². The summed E-state index contributed by atoms with van der Waals surface area (Å²) in [5, 5.41) is 12.3. The SMILES string of the molecule is COC(=O)/C(=C\N[C@@H](CO)C(C)C)C(=O)c1cc(Br)c(OC)cc1OC. The van der Waals surface area contributed by atoms with Gasteiger partial charge in [-0.1, -0.05) is 13.8 Å². The first kappa shape index (κ1) is 22.0. The fourth-order valence-corrected chi connectivity index (χ4v) is 2.66. The third kappa shape index (κ3) is 5.22. The highest BCUT2D eigenvalue weighted by molar-refractivity contribution is 9.10. The number of hydrogen-bond donors (Lipinski definition) is 2. The van der Waals surface area contributed by atoms with Crippen LogP contribution in [-0.2, 0) is 9.53 Å². The molecule has 0 unspecified atom stereocenters. The summed E-state index contributed by atoms with van der Waals surface area (Å²) in [6.07, 6.45) is 1.27. The molecule has 0 aliphatic heterocycles. The molecule has 7 nitrogen and oxygen atoms in total. The summed E-state index contributed by atoms with van der Waals surface area (Å²) in [6.45, 7) is 3.67. The van der Waals surface area contributed by atoms with Crippen molar-refractivity contribution in [3.63, 3.8) is 0 Å². The smallest absolute Gasteiger partial charge is 0.343 e. The van der Waals surface area contributed by atoms with Gasteiger partial charge in [0.25, 0.3) is 0 Å². The average Bonchev–Trinajstić information content (AvgIpc) is 2.63. The largest absolute Gasteiger partial charge is 0.496 e. The van der Waals surface area contributed by atoms with Crippen LogP contribution < -0.4 is 14.8 Å². The number of rotatable bonds is 9. The molecule has 0 saturated carbocycles. The first-order chi connectivity index (χ1) is 12.3. The Bertz CT molecular complexity index is 687. The summed E-state index contributed by atoms with van der Waals surface area (Å²) < 4.78 is 15.7. The maximum atomic E-state index is 12.9. The molecule has 0 aliphatic rings. The molecule has 26 heavy (non-hydrogen) atoms. The van der Waals surface area contributed by atoms with Gasteiger partial charge in [-0.05, 0) is 27.9 Å². The predicted molar refractivity (Wildman–Crippen MR) is 101 cm³/mol. The van der Waals surface area contributed by atoms with Crippen LogP contribution in [-0.4, -0.2) is 50.8 Å². The van der Waals surface area contributed by atoms with E-state index in [9.17, 15) is 14.7 Å². The number of aliphatic hydroxyl groups is 1. The minimum Gasteiger partial charge on any atom is -0.496 e. The minimum absolute atomic E-state index is 0.0925. The van der Waals surface area contributed by atoms with Crippen molar-refractivity contribution >= 4 is 27.7 Å². The van der Waals surface area contributed by atoms with Crippen LogP contribution in [0.15, 0.2) is 28.4 Å². The van der Waals surface area contributed by atoms with Gasteiger partial charge < -0.3 is 24.6 Å². The molecule has 1 aromatic rings. The Hall–Kier alpha value is -2.06. The van der Waals surface area contributed by atoms with Crippen molar-refractivity contribution in [2.75, 3.05) is 27.9 Å². The second-order valence-corrected chi connectivity index (χ2v) is 6.62. The molecule has 0 heterocycles. The number of benzene rings is 1. The van der Waals surface area contributed by atoms with Crippen LogP contribution in [0.25, 0.3) is 0 Å². The number of nitrogens with one attached hydrogen (secondary N) is 1. The standard InChI is InChI=1S/C18H24BrNO6/c1-10(2)14(9-21)20-8-12(18(23)26-5)17(22)11-6-13(19)16(25-4)7-15(11)24-3/h6-8,10,14,20-21H,9H2,1-5H3/b12-8-/t14-/m0/s1. The lowest BCUT2D eigenvalue weighted by Gasteiger charge is -2.19. The number of hydrogen-bond acceptors (Lipinski definition) is 7. The van der Waals surface area contributed by atoms with Gasteiger partial charge in [0, 0.05) is 12.3 Å². The van der Waals surface area contributed by atoms with Crippen molar-refractivity contribution in [3.8, 4) is 11.5 Å². The Morgan fingerprint density at radius 1 is 1.19 bits per heavy atom. The molecule has 0 amide bonds. The number of ketones is 1. The summed E-state index contributed by atoms with van der Waals surface area (Å²) in [7, 11) is 4.10. The first-order valence-corrected chi connectivity index (χ1v) is 8.71. The number of esters is 1. The molecule has 0 bridgehead atoms. The molecular weight excluding hydrogens is 406 g/mol. The van der Waals surface area contributed by atoms with E-state index in [1.54, 1.807) is 6.07 Å². The molecule has 2 N–H and O–H groups in total. The summed E-state index contributed by atoms with van der Waals surface area (Å²) in [6, 6.07) is 2.75. The Labute approximate surface area is 161 Å². The summed E-state index contributed by atoms with van der Waals surface area (Å²) in [5.74, 6) is -0.537. The number of carbonyl (C=O) groups excluding carboxylic acids is 2. The number of aliphatic hydroxyl groups excluding tert-OH is 1. The Balaban J connectivity index is 3.34. The van der Waals surface area contributed by atoms with Crippen molar-refractivity contribution in [1.29, 1.82) is 0 Å². The molecule has 0 fully saturated rings. The molecular formula is C18H24BrNO6. The number of Topliss-reactive ketones (excluding diaryl/α,β-unsaturated/α-hetero) is 1. The normalized spacial score (nSPS) is 12.5. The van der Waals surface area contributed by atoms with Gasteiger partial charge in [0.1, 0.15) is 17.1 Å². The van der Waals surface area contributed by atoms with Crippen molar-refractivity contribution < 1.29 is 28.9 Å². The van der Waals surface area contributed by atoms with Crippen LogP contribution in [0.5, 0.6) is 11.5 Å². The summed E-state index contributed by atoms with van der Waals surface area (Å²) >= 11 is 3.32. The van der Waals surface area contributed by atoms with Crippen LogP contribution in [0.4, 0.5) is 0 Å². The average molecular weight is 430 g/mol. The Morgan fingerprint density at radius 2 is 1.81 bits per heavy atom. The summed E-state index contributed by atoms with van der Waals surface area (Å²) in [5.41, 5.74) is -0.0364. The first-order valence-electron chi connectivity index (χ1n) is 7.92. The number of ether oxygens (including phenoxy) is 3.